The topological polar surface area (TPSA) is 6.48 Å². The van der Waals surface area contributed by atoms with Crippen LogP contribution in [0.4, 0.5) is 0 Å². The lowest BCUT2D eigenvalue weighted by atomic mass is 10.0. The second kappa shape index (κ2) is 4.26. The van der Waals surface area contributed by atoms with Crippen molar-refractivity contribution in [3.63, 3.8) is 0 Å². The number of likely N-dealkylation sites (tertiary alicyclic amines) is 2. The van der Waals surface area contributed by atoms with Crippen molar-refractivity contribution in [2.24, 2.45) is 11.8 Å². The number of halogens is 1. The number of nitrogens with zero attached hydrogens (tertiary/aromatic N) is 2. The zero-order valence-electron chi connectivity index (χ0n) is 9.41. The van der Waals surface area contributed by atoms with Crippen LogP contribution in [0.25, 0.3) is 0 Å². The number of rotatable bonds is 2. The Morgan fingerprint density at radius 3 is 1.71 bits per heavy atom. The van der Waals surface area contributed by atoms with Gasteiger partial charge in [0.25, 0.3) is 0 Å². The number of hydrogen-bond donors (Lipinski definition) is 0. The highest BCUT2D eigenvalue weighted by Gasteiger charge is 2.41. The Labute approximate surface area is 101 Å². The smallest absolute Gasteiger partial charge is 0.0590 e. The molecule has 0 aromatic rings. The third kappa shape index (κ3) is 2.09. The first-order valence-corrected chi connectivity index (χ1v) is 6.94. The summed E-state index contributed by atoms with van der Waals surface area (Å²) in [7, 11) is 0. The summed E-state index contributed by atoms with van der Waals surface area (Å²) in [5, 5.41) is 0. The average molecular weight is 308 g/mol. The summed E-state index contributed by atoms with van der Waals surface area (Å²) in [6.45, 7) is 12.3. The number of fused-ring (bicyclic) bond motifs is 1. The minimum absolute atomic E-state index is 0.714. The lowest BCUT2D eigenvalue weighted by molar-refractivity contribution is 0.223. The van der Waals surface area contributed by atoms with Crippen molar-refractivity contribution in [1.29, 1.82) is 0 Å². The van der Waals surface area contributed by atoms with Gasteiger partial charge in [-0.2, -0.15) is 0 Å². The van der Waals surface area contributed by atoms with E-state index in [4.69, 9.17) is 0 Å². The molecule has 2 aliphatic heterocycles. The van der Waals surface area contributed by atoms with Crippen LogP contribution >= 0.6 is 22.6 Å². The molecular formula is C11H21IN2. The van der Waals surface area contributed by atoms with Crippen molar-refractivity contribution in [3.8, 4) is 0 Å². The molecule has 0 amide bonds. The van der Waals surface area contributed by atoms with Gasteiger partial charge in [0.05, 0.1) is 4.05 Å². The molecule has 3 atom stereocenters. The molecule has 0 spiro atoms. The molecule has 3 heteroatoms. The van der Waals surface area contributed by atoms with E-state index >= 15 is 0 Å². The van der Waals surface area contributed by atoms with Gasteiger partial charge in [0.2, 0.25) is 0 Å². The Bertz CT molecular complexity index is 171. The van der Waals surface area contributed by atoms with Gasteiger partial charge in [-0.15, -0.1) is 0 Å². The summed E-state index contributed by atoms with van der Waals surface area (Å²) in [5.74, 6) is 1.91. The zero-order chi connectivity index (χ0) is 10.3. The van der Waals surface area contributed by atoms with Gasteiger partial charge in [-0.3, -0.25) is 4.90 Å². The molecule has 3 unspecified atom stereocenters. The van der Waals surface area contributed by atoms with Crippen molar-refractivity contribution in [3.05, 3.63) is 0 Å². The molecule has 2 aliphatic rings. The quantitative estimate of drug-likeness (QED) is 0.438. The number of alkyl halides is 1. The normalized spacial score (nSPS) is 36.6. The average Bonchev–Trinajstić information content (AvgIpc) is 2.57. The van der Waals surface area contributed by atoms with E-state index in [2.05, 4.69) is 53.2 Å². The Kier molecular flexibility index (Phi) is 3.39. The van der Waals surface area contributed by atoms with Gasteiger partial charge in [-0.05, 0) is 32.6 Å². The molecule has 0 aliphatic carbocycles. The van der Waals surface area contributed by atoms with E-state index in [1.807, 2.05) is 0 Å². The Hall–Kier alpha value is 0.650. The monoisotopic (exact) mass is 308 g/mol. The zero-order valence-corrected chi connectivity index (χ0v) is 11.6. The predicted octanol–water partition coefficient (Wildman–Crippen LogP) is 2.04. The highest BCUT2D eigenvalue weighted by Crippen LogP contribution is 2.33. The Morgan fingerprint density at radius 2 is 1.36 bits per heavy atom. The van der Waals surface area contributed by atoms with E-state index in [-0.39, 0.29) is 0 Å². The minimum atomic E-state index is 0.714. The largest absolute Gasteiger partial charge is 0.300 e. The van der Waals surface area contributed by atoms with E-state index < -0.39 is 0 Å². The van der Waals surface area contributed by atoms with Crippen molar-refractivity contribution in [2.45, 2.75) is 30.9 Å². The van der Waals surface area contributed by atoms with Crippen LogP contribution in [0, 0.1) is 11.8 Å². The van der Waals surface area contributed by atoms with Gasteiger partial charge in [0.1, 0.15) is 0 Å². The first-order chi connectivity index (χ1) is 6.58. The summed E-state index contributed by atoms with van der Waals surface area (Å²) in [6.07, 6.45) is 0. The maximum Gasteiger partial charge on any atom is 0.0590 e. The van der Waals surface area contributed by atoms with Crippen molar-refractivity contribution >= 4 is 22.6 Å². The van der Waals surface area contributed by atoms with E-state index in [1.54, 1.807) is 0 Å². The fourth-order valence-electron chi connectivity index (χ4n) is 2.78. The molecule has 0 aromatic heterocycles. The maximum atomic E-state index is 2.64. The number of hydrogen-bond acceptors (Lipinski definition) is 2. The third-order valence-corrected chi connectivity index (χ3v) is 4.56. The van der Waals surface area contributed by atoms with Crippen LogP contribution in [0.3, 0.4) is 0 Å². The molecule has 2 saturated heterocycles. The van der Waals surface area contributed by atoms with E-state index in [9.17, 15) is 0 Å². The van der Waals surface area contributed by atoms with Crippen LogP contribution < -0.4 is 0 Å². The molecule has 0 aromatic carbocycles. The highest BCUT2D eigenvalue weighted by molar-refractivity contribution is 14.1. The van der Waals surface area contributed by atoms with Gasteiger partial charge >= 0.3 is 0 Å². The Morgan fingerprint density at radius 1 is 0.929 bits per heavy atom. The molecule has 0 N–H and O–H groups in total. The summed E-state index contributed by atoms with van der Waals surface area (Å²) < 4.78 is 0.714. The van der Waals surface area contributed by atoms with Gasteiger partial charge in [0, 0.05) is 32.2 Å². The van der Waals surface area contributed by atoms with E-state index in [0.717, 1.165) is 17.9 Å². The first-order valence-electron chi connectivity index (χ1n) is 5.70. The molecule has 82 valence electrons. The lowest BCUT2D eigenvalue weighted by Gasteiger charge is -2.25. The van der Waals surface area contributed by atoms with Crippen molar-refractivity contribution in [2.75, 3.05) is 26.2 Å². The minimum Gasteiger partial charge on any atom is -0.300 e. The second-order valence-electron chi connectivity index (χ2n) is 5.10. The summed E-state index contributed by atoms with van der Waals surface area (Å²) in [6, 6.07) is 0.742. The molecule has 2 nitrogen and oxygen atoms in total. The van der Waals surface area contributed by atoms with Crippen LogP contribution in [-0.2, 0) is 0 Å². The highest BCUT2D eigenvalue weighted by atomic mass is 127. The molecule has 2 heterocycles. The van der Waals surface area contributed by atoms with Crippen LogP contribution in [0.1, 0.15) is 20.8 Å². The predicted molar refractivity (Wildman–Crippen MR) is 68.7 cm³/mol. The first kappa shape index (κ1) is 11.1. The molecule has 0 bridgehead atoms. The standard InChI is InChI=1S/C11H21IN2/c1-8(2)13-4-10-6-14(9(3)12)7-11(10)5-13/h8-11H,4-7H2,1-3H3. The van der Waals surface area contributed by atoms with Crippen LogP contribution in [0.5, 0.6) is 0 Å². The summed E-state index contributed by atoms with van der Waals surface area (Å²) in [5.41, 5.74) is 0. The molecule has 0 saturated carbocycles. The SMILES string of the molecule is CC(C)N1CC2CN(C(C)I)CC2C1. The summed E-state index contributed by atoms with van der Waals surface area (Å²) >= 11 is 2.54. The van der Waals surface area contributed by atoms with E-state index in [0.29, 0.717) is 4.05 Å². The third-order valence-electron chi connectivity index (χ3n) is 3.78. The fraction of sp³-hybridized carbons (Fsp3) is 1.00. The van der Waals surface area contributed by atoms with Crippen LogP contribution in [-0.4, -0.2) is 46.1 Å². The maximum absolute atomic E-state index is 2.64. The van der Waals surface area contributed by atoms with Gasteiger partial charge in [-0.1, -0.05) is 22.6 Å². The van der Waals surface area contributed by atoms with Crippen molar-refractivity contribution in [1.82, 2.24) is 9.80 Å². The molecule has 0 radical (unpaired) electrons. The molecular weight excluding hydrogens is 287 g/mol. The molecule has 2 fully saturated rings. The van der Waals surface area contributed by atoms with Crippen molar-refractivity contribution < 1.29 is 0 Å². The fourth-order valence-corrected chi connectivity index (χ4v) is 3.23. The second-order valence-corrected chi connectivity index (χ2v) is 6.90. The Balaban J connectivity index is 1.90. The molecule has 2 rings (SSSR count). The summed E-state index contributed by atoms with van der Waals surface area (Å²) in [4.78, 5) is 5.28. The lowest BCUT2D eigenvalue weighted by Crippen LogP contribution is -2.34. The van der Waals surface area contributed by atoms with Crippen LogP contribution in [0.2, 0.25) is 0 Å². The molecule has 14 heavy (non-hydrogen) atoms. The van der Waals surface area contributed by atoms with E-state index in [1.165, 1.54) is 26.2 Å². The van der Waals surface area contributed by atoms with Crippen LogP contribution in [0.15, 0.2) is 0 Å². The van der Waals surface area contributed by atoms with Gasteiger partial charge < -0.3 is 4.90 Å². The van der Waals surface area contributed by atoms with Gasteiger partial charge in [0.15, 0.2) is 0 Å². The van der Waals surface area contributed by atoms with Gasteiger partial charge in [-0.25, -0.2) is 0 Å².